The van der Waals surface area contributed by atoms with Crippen LogP contribution < -0.4 is 30.5 Å². The van der Waals surface area contributed by atoms with Crippen molar-refractivity contribution in [1.29, 1.82) is 0 Å². The molecule has 0 saturated heterocycles. The molecule has 65 heavy (non-hydrogen) atoms. The lowest BCUT2D eigenvalue weighted by atomic mass is 9.62. The van der Waals surface area contributed by atoms with E-state index in [9.17, 15) is 0 Å². The van der Waals surface area contributed by atoms with Crippen LogP contribution in [0.4, 0.5) is 34.1 Å². The van der Waals surface area contributed by atoms with Gasteiger partial charge in [0.2, 0.25) is 0 Å². The Morgan fingerprint density at radius 2 is 0.785 bits per heavy atom. The average molecular weight is 863 g/mol. The fourth-order valence-electron chi connectivity index (χ4n) is 11.4. The second kappa shape index (κ2) is 14.9. The van der Waals surface area contributed by atoms with Crippen LogP contribution in [-0.4, -0.2) is 8.07 Å². The van der Waals surface area contributed by atoms with Gasteiger partial charge in [0, 0.05) is 42.9 Å². The van der Waals surface area contributed by atoms with Gasteiger partial charge in [-0.2, -0.15) is 0 Å². The molecule has 2 nitrogen and oxygen atoms in total. The van der Waals surface area contributed by atoms with E-state index in [0.29, 0.717) is 0 Å². The number of hydrogen-bond donors (Lipinski definition) is 0. The van der Waals surface area contributed by atoms with Gasteiger partial charge < -0.3 is 9.80 Å². The Kier molecular flexibility index (Phi) is 8.67. The molecule has 0 amide bonds. The monoisotopic (exact) mass is 862 g/mol. The van der Waals surface area contributed by atoms with Crippen molar-refractivity contribution in [3.05, 3.63) is 277 Å². The third kappa shape index (κ3) is 5.45. The normalized spacial score (nSPS) is 14.3. The zero-order valence-electron chi connectivity index (χ0n) is 35.6. The third-order valence-corrected chi connectivity index (χ3v) is 20.0. The van der Waals surface area contributed by atoms with E-state index in [-0.39, 0.29) is 0 Å². The van der Waals surface area contributed by atoms with Crippen molar-refractivity contribution in [2.45, 2.75) is 5.41 Å². The molecule has 0 saturated carbocycles. The van der Waals surface area contributed by atoms with Crippen LogP contribution in [0.3, 0.4) is 0 Å². The second-order valence-electron chi connectivity index (χ2n) is 17.2. The molecule has 306 valence electrons. The Hall–Kier alpha value is -7.76. The Balaban J connectivity index is 1.03. The van der Waals surface area contributed by atoms with Gasteiger partial charge >= 0.3 is 0 Å². The molecule has 1 aromatic heterocycles. The van der Waals surface area contributed by atoms with Crippen molar-refractivity contribution in [2.24, 2.45) is 0 Å². The Morgan fingerprint density at radius 3 is 1.38 bits per heavy atom. The van der Waals surface area contributed by atoms with Gasteiger partial charge in [-0.05, 0) is 104 Å². The summed E-state index contributed by atoms with van der Waals surface area (Å²) in [6.45, 7) is 0. The van der Waals surface area contributed by atoms with Gasteiger partial charge in [0.15, 0.2) is 8.07 Å². The summed E-state index contributed by atoms with van der Waals surface area (Å²) < 4.78 is 2.62. The predicted octanol–water partition coefficient (Wildman–Crippen LogP) is 13.4. The first kappa shape index (κ1) is 37.8. The smallest absolute Gasteiger partial charge is 0.184 e. The summed E-state index contributed by atoms with van der Waals surface area (Å²) in [6.07, 6.45) is 0. The first-order valence-corrected chi connectivity index (χ1v) is 25.2. The molecule has 0 spiro atoms. The lowest BCUT2D eigenvalue weighted by molar-refractivity contribution is 0.732. The number of hydrogen-bond acceptors (Lipinski definition) is 3. The molecule has 4 heteroatoms. The van der Waals surface area contributed by atoms with Crippen molar-refractivity contribution in [3.63, 3.8) is 0 Å². The van der Waals surface area contributed by atoms with E-state index in [1.807, 2.05) is 11.3 Å². The molecule has 0 fully saturated rings. The molecule has 10 aromatic carbocycles. The largest absolute Gasteiger partial charge is 0.311 e. The van der Waals surface area contributed by atoms with Crippen molar-refractivity contribution in [1.82, 2.24) is 0 Å². The van der Waals surface area contributed by atoms with Crippen LogP contribution in [0.5, 0.6) is 0 Å². The molecule has 0 atom stereocenters. The van der Waals surface area contributed by atoms with E-state index in [0.717, 1.165) is 11.4 Å². The number of thiophene rings is 1. The summed E-state index contributed by atoms with van der Waals surface area (Å²) in [7, 11) is -2.75. The van der Waals surface area contributed by atoms with E-state index < -0.39 is 13.5 Å². The van der Waals surface area contributed by atoms with Gasteiger partial charge in [-0.25, -0.2) is 0 Å². The highest BCUT2D eigenvalue weighted by Crippen LogP contribution is 2.58. The minimum absolute atomic E-state index is 0.590. The SMILES string of the molecule is c1ccc(C2(c3ccc4sc5ccccc5c4c3)c3ccccc3N(c3cccc(N4c5ccccc5[Si](c5ccccc5)(c5ccccc5)c5ccccc54)c3)c3ccccc32)cc1. The van der Waals surface area contributed by atoms with E-state index in [1.165, 1.54) is 85.9 Å². The summed E-state index contributed by atoms with van der Waals surface area (Å²) >= 11 is 1.87. The summed E-state index contributed by atoms with van der Waals surface area (Å²) in [5, 5.41) is 8.15. The summed E-state index contributed by atoms with van der Waals surface area (Å²) in [5.74, 6) is 0. The Morgan fingerprint density at radius 1 is 0.323 bits per heavy atom. The van der Waals surface area contributed by atoms with Gasteiger partial charge in [0.1, 0.15) is 0 Å². The summed E-state index contributed by atoms with van der Waals surface area (Å²) in [6, 6.07) is 95.4. The van der Waals surface area contributed by atoms with E-state index in [4.69, 9.17) is 0 Å². The molecule has 3 heterocycles. The number of rotatable bonds is 6. The second-order valence-corrected chi connectivity index (χ2v) is 22.0. The van der Waals surface area contributed by atoms with Gasteiger partial charge in [0.25, 0.3) is 0 Å². The van der Waals surface area contributed by atoms with Crippen LogP contribution in [0.2, 0.25) is 0 Å². The number of benzene rings is 10. The highest BCUT2D eigenvalue weighted by atomic mass is 32.1. The van der Waals surface area contributed by atoms with Gasteiger partial charge in [-0.3, -0.25) is 0 Å². The zero-order chi connectivity index (χ0) is 43.0. The quantitative estimate of drug-likeness (QED) is 0.154. The first-order valence-electron chi connectivity index (χ1n) is 22.4. The minimum Gasteiger partial charge on any atom is -0.311 e. The summed E-state index contributed by atoms with van der Waals surface area (Å²) in [5.41, 5.74) is 11.4. The Bertz CT molecular complexity index is 3450. The third-order valence-electron chi connectivity index (χ3n) is 14.0. The molecular formula is C61H42N2SSi. The zero-order valence-corrected chi connectivity index (χ0v) is 37.4. The molecule has 13 rings (SSSR count). The summed E-state index contributed by atoms with van der Waals surface area (Å²) in [4.78, 5) is 5.02. The average Bonchev–Trinajstić information content (AvgIpc) is 3.76. The van der Waals surface area contributed by atoms with Gasteiger partial charge in [-0.15, -0.1) is 11.3 Å². The number of anilines is 6. The molecule has 0 aliphatic carbocycles. The van der Waals surface area contributed by atoms with E-state index >= 15 is 0 Å². The molecule has 0 bridgehead atoms. The van der Waals surface area contributed by atoms with Crippen LogP contribution in [-0.2, 0) is 5.41 Å². The van der Waals surface area contributed by atoms with Crippen molar-refractivity contribution < 1.29 is 0 Å². The van der Waals surface area contributed by atoms with Crippen molar-refractivity contribution >= 4 is 94.5 Å². The lowest BCUT2D eigenvalue weighted by Gasteiger charge is -2.47. The maximum Gasteiger partial charge on any atom is 0.184 e. The van der Waals surface area contributed by atoms with E-state index in [2.05, 4.69) is 265 Å². The van der Waals surface area contributed by atoms with Crippen LogP contribution in [0.25, 0.3) is 20.2 Å². The predicted molar refractivity (Wildman–Crippen MR) is 278 cm³/mol. The molecule has 2 aliphatic heterocycles. The fourth-order valence-corrected chi connectivity index (χ4v) is 17.6. The Labute approximate surface area is 384 Å². The van der Waals surface area contributed by atoms with Crippen LogP contribution in [0, 0.1) is 0 Å². The van der Waals surface area contributed by atoms with Crippen molar-refractivity contribution in [2.75, 3.05) is 9.80 Å². The van der Waals surface area contributed by atoms with Gasteiger partial charge in [-0.1, -0.05) is 194 Å². The minimum atomic E-state index is -2.75. The van der Waals surface area contributed by atoms with Crippen LogP contribution in [0.1, 0.15) is 22.3 Å². The maximum absolute atomic E-state index is 2.75. The van der Waals surface area contributed by atoms with Gasteiger partial charge in [0.05, 0.1) is 16.8 Å². The first-order chi connectivity index (χ1) is 32.3. The maximum atomic E-state index is 2.52. The van der Waals surface area contributed by atoms with Crippen LogP contribution >= 0.6 is 11.3 Å². The highest BCUT2D eigenvalue weighted by molar-refractivity contribution is 7.25. The number of nitrogens with zero attached hydrogens (tertiary/aromatic N) is 2. The van der Waals surface area contributed by atoms with Crippen LogP contribution in [0.15, 0.2) is 255 Å². The fraction of sp³-hybridized carbons (Fsp3) is 0.0164. The molecule has 0 unspecified atom stereocenters. The number of para-hydroxylation sites is 4. The van der Waals surface area contributed by atoms with E-state index in [1.54, 1.807) is 0 Å². The molecular weight excluding hydrogens is 821 g/mol. The molecule has 2 aliphatic rings. The molecule has 0 radical (unpaired) electrons. The lowest BCUT2D eigenvalue weighted by Crippen LogP contribution is -2.77. The molecule has 0 N–H and O–H groups in total. The van der Waals surface area contributed by atoms with Crippen molar-refractivity contribution in [3.8, 4) is 0 Å². The topological polar surface area (TPSA) is 6.48 Å². The standard InChI is InChI=1S/C61H42N2SSi/c1-4-21-43(22-5-1)61(44-39-40-58-50(41-44)49-29-10-17-36-57(49)64-58)51-30-11-13-32-53(51)62(54-33-14-12-31-52(54)61)45-23-20-24-46(42-45)63-55-34-15-18-37-59(55)65(47-25-6-2-7-26-47,48-27-8-3-9-28-48)60-38-19-16-35-56(60)63/h1-42H. The highest BCUT2D eigenvalue weighted by Gasteiger charge is 2.49. The number of fused-ring (bicyclic) bond motifs is 7. The molecule has 11 aromatic rings.